The summed E-state index contributed by atoms with van der Waals surface area (Å²) < 4.78 is 0. The van der Waals surface area contributed by atoms with Crippen LogP contribution in [0.5, 0.6) is 0 Å². The van der Waals surface area contributed by atoms with Crippen LogP contribution in [0.3, 0.4) is 0 Å². The number of likely N-dealkylation sites (tertiary alicyclic amines) is 2. The number of unbranched alkanes of at least 4 members (excludes halogenated alkanes) is 2. The van der Waals surface area contributed by atoms with Gasteiger partial charge in [-0.2, -0.15) is 0 Å². The van der Waals surface area contributed by atoms with Crippen LogP contribution >= 0.6 is 0 Å². The van der Waals surface area contributed by atoms with E-state index in [4.69, 9.17) is 0 Å². The van der Waals surface area contributed by atoms with Crippen LogP contribution in [0, 0.1) is 0 Å². The first-order valence-corrected chi connectivity index (χ1v) is 17.7. The zero-order valence-corrected chi connectivity index (χ0v) is 28.2. The number of para-hydroxylation sites is 2. The molecule has 0 unspecified atom stereocenters. The van der Waals surface area contributed by atoms with Crippen LogP contribution in [0.15, 0.2) is 59.9 Å². The highest BCUT2D eigenvalue weighted by Gasteiger charge is 2.43. The van der Waals surface area contributed by atoms with Gasteiger partial charge in [0, 0.05) is 84.6 Å². The highest BCUT2D eigenvalue weighted by molar-refractivity contribution is 6.38. The first-order chi connectivity index (χ1) is 23.8. The van der Waals surface area contributed by atoms with Crippen LogP contribution in [0.1, 0.15) is 67.5 Å². The Morgan fingerprint density at radius 2 is 0.918 bits per heavy atom. The SMILES string of the molecule is CN1C(=O)C(c2c(CCCCCc3[nH]c4ccccc4c3C3=C(N4CCCC4)C(=O)N(C)C3=O)[nH]c3ccccc23)=C(N2CCCC2)C1=O. The number of H-pyrrole nitrogens is 2. The molecule has 0 atom stereocenters. The molecule has 0 bridgehead atoms. The second-order valence-electron chi connectivity index (χ2n) is 13.8. The van der Waals surface area contributed by atoms with E-state index in [0.717, 1.165) is 128 Å². The molecule has 2 N–H and O–H groups in total. The minimum Gasteiger partial charge on any atom is -0.366 e. The molecule has 10 heteroatoms. The summed E-state index contributed by atoms with van der Waals surface area (Å²) in [7, 11) is 3.16. The summed E-state index contributed by atoms with van der Waals surface area (Å²) in [6.07, 6.45) is 8.18. The smallest absolute Gasteiger partial charge is 0.277 e. The predicted octanol–water partition coefficient (Wildman–Crippen LogP) is 5.22. The third kappa shape index (κ3) is 5.07. The number of imide groups is 2. The van der Waals surface area contributed by atoms with E-state index in [0.29, 0.717) is 22.5 Å². The van der Waals surface area contributed by atoms with Crippen molar-refractivity contribution in [1.82, 2.24) is 29.6 Å². The molecule has 4 aromatic rings. The average molecular weight is 659 g/mol. The molecule has 0 radical (unpaired) electrons. The van der Waals surface area contributed by atoms with Crippen LogP contribution in [0.25, 0.3) is 33.0 Å². The molecule has 0 aliphatic carbocycles. The van der Waals surface area contributed by atoms with Gasteiger partial charge in [-0.15, -0.1) is 0 Å². The monoisotopic (exact) mass is 658 g/mol. The van der Waals surface area contributed by atoms with E-state index in [-0.39, 0.29) is 23.6 Å². The number of rotatable bonds is 10. The molecule has 4 aliphatic rings. The topological polar surface area (TPSA) is 113 Å². The van der Waals surface area contributed by atoms with E-state index in [2.05, 4.69) is 19.8 Å². The number of hydrogen-bond acceptors (Lipinski definition) is 6. The number of carbonyl (C=O) groups is 4. The Labute approximate surface area is 285 Å². The number of aromatic amines is 2. The summed E-state index contributed by atoms with van der Waals surface area (Å²) in [5, 5.41) is 1.93. The lowest BCUT2D eigenvalue weighted by molar-refractivity contribution is -0.137. The van der Waals surface area contributed by atoms with Gasteiger partial charge in [-0.05, 0) is 63.5 Å². The number of aromatic nitrogens is 2. The fourth-order valence-corrected chi connectivity index (χ4v) is 8.29. The minimum absolute atomic E-state index is 0.219. The van der Waals surface area contributed by atoms with Gasteiger partial charge in [-0.1, -0.05) is 42.8 Å². The number of hydrogen-bond donors (Lipinski definition) is 2. The van der Waals surface area contributed by atoms with Gasteiger partial charge in [0.15, 0.2) is 0 Å². The molecule has 6 heterocycles. The molecule has 0 spiro atoms. The van der Waals surface area contributed by atoms with Gasteiger partial charge in [0.2, 0.25) is 0 Å². The molecule has 49 heavy (non-hydrogen) atoms. The van der Waals surface area contributed by atoms with Gasteiger partial charge < -0.3 is 19.8 Å². The Bertz CT molecular complexity index is 1940. The number of fused-ring (bicyclic) bond motifs is 2. The molecule has 10 nitrogen and oxygen atoms in total. The molecule has 4 amide bonds. The molecule has 8 rings (SSSR count). The minimum atomic E-state index is -0.238. The lowest BCUT2D eigenvalue weighted by Crippen LogP contribution is -2.31. The van der Waals surface area contributed by atoms with Gasteiger partial charge in [0.05, 0.1) is 11.1 Å². The number of likely N-dealkylation sites (N-methyl/N-ethyl adjacent to an activating group) is 2. The normalized spacial score (nSPS) is 18.8. The molecular formula is C39H42N6O4. The van der Waals surface area contributed by atoms with E-state index < -0.39 is 0 Å². The molecule has 252 valence electrons. The number of nitrogens with zero attached hydrogens (tertiary/aromatic N) is 4. The van der Waals surface area contributed by atoms with Crippen molar-refractivity contribution < 1.29 is 19.2 Å². The fraction of sp³-hybridized carbons (Fsp3) is 0.385. The van der Waals surface area contributed by atoms with Crippen molar-refractivity contribution in [3.8, 4) is 0 Å². The molecule has 2 aromatic heterocycles. The van der Waals surface area contributed by atoms with E-state index in [9.17, 15) is 19.2 Å². The van der Waals surface area contributed by atoms with Gasteiger partial charge in [-0.25, -0.2) is 0 Å². The van der Waals surface area contributed by atoms with Gasteiger partial charge >= 0.3 is 0 Å². The lowest BCUT2D eigenvalue weighted by atomic mass is 9.96. The zero-order chi connectivity index (χ0) is 33.8. The van der Waals surface area contributed by atoms with Crippen LogP contribution in [0.2, 0.25) is 0 Å². The Kier molecular flexibility index (Phi) is 7.89. The first kappa shape index (κ1) is 31.2. The fourth-order valence-electron chi connectivity index (χ4n) is 8.29. The largest absolute Gasteiger partial charge is 0.366 e. The third-order valence-electron chi connectivity index (χ3n) is 10.8. The summed E-state index contributed by atoms with van der Waals surface area (Å²) in [4.78, 5) is 67.9. The second-order valence-corrected chi connectivity index (χ2v) is 13.8. The van der Waals surface area contributed by atoms with Gasteiger partial charge in [0.1, 0.15) is 11.4 Å². The Morgan fingerprint density at radius 3 is 1.33 bits per heavy atom. The van der Waals surface area contributed by atoms with E-state index >= 15 is 0 Å². The molecular weight excluding hydrogens is 616 g/mol. The Morgan fingerprint density at radius 1 is 0.531 bits per heavy atom. The Hall–Kier alpha value is -5.12. The van der Waals surface area contributed by atoms with E-state index in [1.165, 1.54) is 9.80 Å². The van der Waals surface area contributed by atoms with Crippen LogP contribution in [-0.4, -0.2) is 93.5 Å². The maximum atomic E-state index is 13.6. The van der Waals surface area contributed by atoms with Gasteiger partial charge in [-0.3, -0.25) is 29.0 Å². The lowest BCUT2D eigenvalue weighted by Gasteiger charge is -2.19. The van der Waals surface area contributed by atoms with Crippen LogP contribution < -0.4 is 0 Å². The zero-order valence-electron chi connectivity index (χ0n) is 28.2. The van der Waals surface area contributed by atoms with Crippen LogP contribution in [0.4, 0.5) is 0 Å². The molecule has 2 fully saturated rings. The molecule has 2 saturated heterocycles. The maximum Gasteiger partial charge on any atom is 0.277 e. The van der Waals surface area contributed by atoms with Gasteiger partial charge in [0.25, 0.3) is 23.6 Å². The van der Waals surface area contributed by atoms with Crippen molar-refractivity contribution in [1.29, 1.82) is 0 Å². The number of aryl methyl sites for hydroxylation is 2. The second kappa shape index (κ2) is 12.4. The third-order valence-corrected chi connectivity index (χ3v) is 10.8. The summed E-state index contributed by atoms with van der Waals surface area (Å²) in [5.74, 6) is -0.914. The van der Waals surface area contributed by atoms with E-state index in [1.54, 1.807) is 14.1 Å². The standard InChI is InChI=1S/C39H42N6O4/c1-42-36(46)32(34(38(42)48)44-20-10-11-21-44)30-24-14-6-8-16-26(24)40-28(30)18-4-3-5-19-29-31(25-15-7-9-17-27(25)41-29)33-35(45-22-12-13-23-45)39(49)43(2)37(33)47/h6-9,14-17,40-41H,3-5,10-13,18-23H2,1-2H3. The van der Waals surface area contributed by atoms with Crippen molar-refractivity contribution in [3.05, 3.63) is 82.4 Å². The number of benzene rings is 2. The number of carbonyl (C=O) groups excluding carboxylic acids is 4. The molecule has 4 aliphatic heterocycles. The number of amides is 4. The first-order valence-electron chi connectivity index (χ1n) is 17.7. The molecule has 0 saturated carbocycles. The quantitative estimate of drug-likeness (QED) is 0.179. The highest BCUT2D eigenvalue weighted by atomic mass is 16.2. The molecule has 2 aromatic carbocycles. The van der Waals surface area contributed by atoms with Crippen molar-refractivity contribution in [2.45, 2.75) is 57.8 Å². The maximum absolute atomic E-state index is 13.6. The average Bonchev–Trinajstić information content (AvgIpc) is 3.97. The van der Waals surface area contributed by atoms with Crippen molar-refractivity contribution in [2.24, 2.45) is 0 Å². The van der Waals surface area contributed by atoms with Crippen LogP contribution in [-0.2, 0) is 32.0 Å². The van der Waals surface area contributed by atoms with E-state index in [1.807, 2.05) is 48.5 Å². The highest BCUT2D eigenvalue weighted by Crippen LogP contribution is 2.40. The Balaban J connectivity index is 1.07. The van der Waals surface area contributed by atoms with Crippen molar-refractivity contribution in [3.63, 3.8) is 0 Å². The van der Waals surface area contributed by atoms with Crippen molar-refractivity contribution >= 4 is 56.6 Å². The number of nitrogens with one attached hydrogen (secondary N) is 2. The summed E-state index contributed by atoms with van der Waals surface area (Å²) in [6.45, 7) is 3.13. The predicted molar refractivity (Wildman–Crippen MR) is 189 cm³/mol. The summed E-state index contributed by atoms with van der Waals surface area (Å²) >= 11 is 0. The summed E-state index contributed by atoms with van der Waals surface area (Å²) in [6, 6.07) is 16.0. The van der Waals surface area contributed by atoms with Crippen molar-refractivity contribution in [2.75, 3.05) is 40.3 Å². The summed E-state index contributed by atoms with van der Waals surface area (Å²) in [5.41, 5.74) is 7.71.